The molecule has 2 heterocycles. The van der Waals surface area contributed by atoms with Gasteiger partial charge < -0.3 is 5.32 Å². The van der Waals surface area contributed by atoms with E-state index in [2.05, 4.69) is 15.4 Å². The van der Waals surface area contributed by atoms with Crippen molar-refractivity contribution in [3.63, 3.8) is 0 Å². The van der Waals surface area contributed by atoms with Gasteiger partial charge in [0.25, 0.3) is 0 Å². The van der Waals surface area contributed by atoms with E-state index in [0.717, 1.165) is 29.7 Å². The standard InChI is InChI=1S/C19H19ClN4OS/c1-19(2,11-4-6-12(20)7-5-11)17(25)23-18-22-16-13-10-21-24(3)14(13)8-9-15(16)26-18/h4-7,10H,8-9H2,1-3H3,(H,22,23,25). The number of amides is 1. The Morgan fingerprint density at radius 2 is 2.00 bits per heavy atom. The lowest BCUT2D eigenvalue weighted by Crippen LogP contribution is -2.34. The number of anilines is 1. The Labute approximate surface area is 161 Å². The molecule has 0 spiro atoms. The summed E-state index contributed by atoms with van der Waals surface area (Å²) in [5.41, 5.74) is 3.44. The maximum atomic E-state index is 12.9. The van der Waals surface area contributed by atoms with E-state index < -0.39 is 5.41 Å². The molecule has 7 heteroatoms. The van der Waals surface area contributed by atoms with Gasteiger partial charge in [0.05, 0.1) is 17.3 Å². The molecule has 4 rings (SSSR count). The monoisotopic (exact) mass is 386 g/mol. The fourth-order valence-corrected chi connectivity index (χ4v) is 4.32. The van der Waals surface area contributed by atoms with Crippen molar-refractivity contribution in [2.45, 2.75) is 32.1 Å². The molecular formula is C19H19ClN4OS. The van der Waals surface area contributed by atoms with Gasteiger partial charge in [0.2, 0.25) is 5.91 Å². The molecule has 0 fully saturated rings. The van der Waals surface area contributed by atoms with Gasteiger partial charge in [-0.1, -0.05) is 23.7 Å². The molecule has 26 heavy (non-hydrogen) atoms. The molecule has 1 aromatic carbocycles. The predicted octanol–water partition coefficient (Wildman–Crippen LogP) is 4.21. The van der Waals surface area contributed by atoms with E-state index in [-0.39, 0.29) is 5.91 Å². The summed E-state index contributed by atoms with van der Waals surface area (Å²) >= 11 is 7.51. The highest BCUT2D eigenvalue weighted by molar-refractivity contribution is 7.16. The van der Waals surface area contributed by atoms with Crippen LogP contribution in [0.3, 0.4) is 0 Å². The van der Waals surface area contributed by atoms with E-state index in [1.54, 1.807) is 23.5 Å². The minimum absolute atomic E-state index is 0.0858. The summed E-state index contributed by atoms with van der Waals surface area (Å²) in [6.07, 6.45) is 3.73. The van der Waals surface area contributed by atoms with E-state index >= 15 is 0 Å². The largest absolute Gasteiger partial charge is 0.301 e. The molecular weight excluding hydrogens is 368 g/mol. The summed E-state index contributed by atoms with van der Waals surface area (Å²) in [5, 5.41) is 8.63. The first kappa shape index (κ1) is 17.2. The number of hydrogen-bond acceptors (Lipinski definition) is 4. The molecule has 1 N–H and O–H groups in total. The van der Waals surface area contributed by atoms with Crippen LogP contribution in [0.25, 0.3) is 11.3 Å². The number of aromatic nitrogens is 3. The zero-order valence-electron chi connectivity index (χ0n) is 14.8. The molecule has 5 nitrogen and oxygen atoms in total. The third-order valence-electron chi connectivity index (χ3n) is 4.96. The minimum atomic E-state index is -0.684. The van der Waals surface area contributed by atoms with Gasteiger partial charge in [-0.2, -0.15) is 5.10 Å². The van der Waals surface area contributed by atoms with E-state index in [4.69, 9.17) is 11.6 Å². The highest BCUT2D eigenvalue weighted by atomic mass is 35.5. The van der Waals surface area contributed by atoms with Crippen molar-refractivity contribution in [3.05, 3.63) is 51.6 Å². The summed E-state index contributed by atoms with van der Waals surface area (Å²) in [7, 11) is 1.95. The van der Waals surface area contributed by atoms with Gasteiger partial charge >= 0.3 is 0 Å². The third kappa shape index (κ3) is 2.83. The first-order valence-corrected chi connectivity index (χ1v) is 9.64. The lowest BCUT2D eigenvalue weighted by molar-refractivity contribution is -0.120. The molecule has 0 radical (unpaired) electrons. The van der Waals surface area contributed by atoms with Crippen LogP contribution in [0.1, 0.15) is 30.0 Å². The fraction of sp³-hybridized carbons (Fsp3) is 0.316. The SMILES string of the molecule is Cn1ncc2c1CCc1sc(NC(=O)C(C)(C)c3ccc(Cl)cc3)nc1-2. The van der Waals surface area contributed by atoms with Crippen molar-refractivity contribution in [3.8, 4) is 11.3 Å². The Kier molecular flexibility index (Phi) is 4.12. The van der Waals surface area contributed by atoms with E-state index in [0.29, 0.717) is 10.2 Å². The van der Waals surface area contributed by atoms with Gasteiger partial charge in [0, 0.05) is 28.2 Å². The highest BCUT2D eigenvalue weighted by Crippen LogP contribution is 2.38. The second-order valence-corrected chi connectivity index (χ2v) is 8.53. The molecule has 2 aromatic heterocycles. The van der Waals surface area contributed by atoms with Crippen LogP contribution in [0.15, 0.2) is 30.5 Å². The Morgan fingerprint density at radius 3 is 2.73 bits per heavy atom. The molecule has 1 amide bonds. The predicted molar refractivity (Wildman–Crippen MR) is 105 cm³/mol. The van der Waals surface area contributed by atoms with Gasteiger partial charge in [-0.25, -0.2) is 4.98 Å². The summed E-state index contributed by atoms with van der Waals surface area (Å²) < 4.78 is 1.90. The number of nitrogens with one attached hydrogen (secondary N) is 1. The number of carbonyl (C=O) groups is 1. The van der Waals surface area contributed by atoms with Crippen LogP contribution in [-0.4, -0.2) is 20.7 Å². The first-order valence-electron chi connectivity index (χ1n) is 8.44. The van der Waals surface area contributed by atoms with Crippen molar-refractivity contribution < 1.29 is 4.79 Å². The number of fused-ring (bicyclic) bond motifs is 3. The summed E-state index contributed by atoms with van der Waals surface area (Å²) in [6, 6.07) is 7.38. The smallest absolute Gasteiger partial charge is 0.236 e. The number of aryl methyl sites for hydroxylation is 2. The van der Waals surface area contributed by atoms with Crippen LogP contribution in [0.4, 0.5) is 5.13 Å². The molecule has 0 bridgehead atoms. The van der Waals surface area contributed by atoms with Crippen molar-refractivity contribution in [2.75, 3.05) is 5.32 Å². The van der Waals surface area contributed by atoms with Gasteiger partial charge in [0.1, 0.15) is 0 Å². The second kappa shape index (κ2) is 6.21. The van der Waals surface area contributed by atoms with Crippen LogP contribution in [-0.2, 0) is 30.1 Å². The molecule has 0 aliphatic heterocycles. The number of nitrogens with zero attached hydrogens (tertiary/aromatic N) is 3. The van der Waals surface area contributed by atoms with Gasteiger partial charge in [-0.3, -0.25) is 9.48 Å². The molecule has 0 unspecified atom stereocenters. The molecule has 1 aliphatic rings. The number of hydrogen-bond donors (Lipinski definition) is 1. The number of rotatable bonds is 3. The van der Waals surface area contributed by atoms with Crippen molar-refractivity contribution in [2.24, 2.45) is 7.05 Å². The first-order chi connectivity index (χ1) is 12.4. The summed E-state index contributed by atoms with van der Waals surface area (Å²) in [4.78, 5) is 18.8. The van der Waals surface area contributed by atoms with Gasteiger partial charge in [0.15, 0.2) is 5.13 Å². The minimum Gasteiger partial charge on any atom is -0.301 e. The Balaban J connectivity index is 1.60. The van der Waals surface area contributed by atoms with Gasteiger partial charge in [-0.05, 0) is 44.4 Å². The van der Waals surface area contributed by atoms with Crippen molar-refractivity contribution in [1.82, 2.24) is 14.8 Å². The Morgan fingerprint density at radius 1 is 1.27 bits per heavy atom. The van der Waals surface area contributed by atoms with E-state index in [1.807, 2.05) is 43.9 Å². The van der Waals surface area contributed by atoms with Crippen LogP contribution in [0, 0.1) is 0 Å². The maximum absolute atomic E-state index is 12.9. The average molecular weight is 387 g/mol. The zero-order chi connectivity index (χ0) is 18.5. The number of halogens is 1. The van der Waals surface area contributed by atoms with Crippen LogP contribution in [0.5, 0.6) is 0 Å². The Hall–Kier alpha value is -2.18. The zero-order valence-corrected chi connectivity index (χ0v) is 16.4. The number of carbonyl (C=O) groups excluding carboxylic acids is 1. The van der Waals surface area contributed by atoms with E-state index in [1.165, 1.54) is 10.6 Å². The number of benzene rings is 1. The molecule has 0 saturated carbocycles. The van der Waals surface area contributed by atoms with Crippen LogP contribution < -0.4 is 5.32 Å². The average Bonchev–Trinajstić information content (AvgIpc) is 3.18. The highest BCUT2D eigenvalue weighted by Gasteiger charge is 2.31. The number of thiazole rings is 1. The van der Waals surface area contributed by atoms with Gasteiger partial charge in [-0.15, -0.1) is 11.3 Å². The maximum Gasteiger partial charge on any atom is 0.236 e. The van der Waals surface area contributed by atoms with Crippen molar-refractivity contribution in [1.29, 1.82) is 0 Å². The summed E-state index contributed by atoms with van der Waals surface area (Å²) in [5.74, 6) is -0.0858. The topological polar surface area (TPSA) is 59.8 Å². The quantitative estimate of drug-likeness (QED) is 0.733. The van der Waals surface area contributed by atoms with Crippen LogP contribution in [0.2, 0.25) is 5.02 Å². The third-order valence-corrected chi connectivity index (χ3v) is 6.24. The second-order valence-electron chi connectivity index (χ2n) is 7.01. The van der Waals surface area contributed by atoms with E-state index in [9.17, 15) is 4.79 Å². The summed E-state index contributed by atoms with van der Waals surface area (Å²) in [6.45, 7) is 3.80. The molecule has 1 aliphatic carbocycles. The van der Waals surface area contributed by atoms with Crippen molar-refractivity contribution >= 4 is 34.0 Å². The fourth-order valence-electron chi connectivity index (χ4n) is 3.23. The Bertz CT molecular complexity index is 988. The lowest BCUT2D eigenvalue weighted by Gasteiger charge is -2.23. The molecule has 0 saturated heterocycles. The molecule has 0 atom stereocenters. The molecule has 134 valence electrons. The normalized spacial score (nSPS) is 13.2. The van der Waals surface area contributed by atoms with Crippen LogP contribution >= 0.6 is 22.9 Å². The lowest BCUT2D eigenvalue weighted by atomic mass is 9.84. The molecule has 3 aromatic rings.